The molecule has 10 nitrogen and oxygen atoms in total. The third kappa shape index (κ3) is 6.74. The molecule has 0 heterocycles. The van der Waals surface area contributed by atoms with Crippen LogP contribution in [0.5, 0.6) is 0 Å². The number of halogens is 1. The molecule has 0 aliphatic carbocycles. The van der Waals surface area contributed by atoms with Crippen molar-refractivity contribution in [1.82, 2.24) is 4.72 Å². The molecular weight excluding hydrogens is 450 g/mol. The van der Waals surface area contributed by atoms with E-state index in [1.54, 1.807) is 32.0 Å². The first-order valence-corrected chi connectivity index (χ1v) is 10.8. The second-order valence-corrected chi connectivity index (χ2v) is 8.85. The van der Waals surface area contributed by atoms with Gasteiger partial charge in [0.15, 0.2) is 6.61 Å². The minimum absolute atomic E-state index is 0.0218. The van der Waals surface area contributed by atoms with Gasteiger partial charge in [-0.05, 0) is 24.1 Å². The fourth-order valence-electron chi connectivity index (χ4n) is 2.43. The number of nitrogens with zero attached hydrogens (tertiary/aromatic N) is 1. The molecule has 2 aromatic carbocycles. The van der Waals surface area contributed by atoms with Crippen molar-refractivity contribution in [2.24, 2.45) is 5.92 Å². The summed E-state index contributed by atoms with van der Waals surface area (Å²) in [7, 11) is -3.99. The number of ether oxygens (including phenoxy) is 1. The van der Waals surface area contributed by atoms with Crippen molar-refractivity contribution in [2.45, 2.75) is 24.8 Å². The van der Waals surface area contributed by atoms with Gasteiger partial charge < -0.3 is 10.1 Å². The van der Waals surface area contributed by atoms with Gasteiger partial charge in [0.2, 0.25) is 10.0 Å². The zero-order valence-corrected chi connectivity index (χ0v) is 18.1. The number of hydrogen-bond acceptors (Lipinski definition) is 7. The van der Waals surface area contributed by atoms with Crippen molar-refractivity contribution >= 4 is 44.9 Å². The van der Waals surface area contributed by atoms with Gasteiger partial charge >= 0.3 is 5.97 Å². The molecular formula is C19H20ClN3O7S. The van der Waals surface area contributed by atoms with Gasteiger partial charge in [0.25, 0.3) is 11.6 Å². The number of esters is 1. The number of carbonyl (C=O) groups excluding carboxylic acids is 2. The Balaban J connectivity index is 2.03. The van der Waals surface area contributed by atoms with Crippen LogP contribution in [-0.4, -0.2) is 37.9 Å². The van der Waals surface area contributed by atoms with Crippen LogP contribution in [0.2, 0.25) is 5.02 Å². The molecule has 166 valence electrons. The largest absolute Gasteiger partial charge is 0.454 e. The van der Waals surface area contributed by atoms with Crippen molar-refractivity contribution in [3.05, 3.63) is 63.7 Å². The van der Waals surface area contributed by atoms with Gasteiger partial charge in [0, 0.05) is 12.1 Å². The van der Waals surface area contributed by atoms with Crippen LogP contribution in [0.3, 0.4) is 0 Å². The number of sulfonamides is 1. The zero-order chi connectivity index (χ0) is 23.2. The summed E-state index contributed by atoms with van der Waals surface area (Å²) in [4.78, 5) is 34.7. The van der Waals surface area contributed by atoms with Crippen molar-refractivity contribution in [3.63, 3.8) is 0 Å². The molecule has 0 aliphatic heterocycles. The summed E-state index contributed by atoms with van der Waals surface area (Å²) in [6.45, 7) is 2.49. The third-order valence-electron chi connectivity index (χ3n) is 4.04. The zero-order valence-electron chi connectivity index (χ0n) is 16.6. The number of anilines is 1. The Hall–Kier alpha value is -3.02. The number of rotatable bonds is 9. The molecule has 1 amide bonds. The van der Waals surface area contributed by atoms with Crippen LogP contribution >= 0.6 is 11.6 Å². The maximum Gasteiger partial charge on any atom is 0.324 e. The van der Waals surface area contributed by atoms with Crippen LogP contribution in [-0.2, 0) is 24.3 Å². The SMILES string of the molecule is CC(C)C(NS(=O)(=O)c1ccccc1)C(=O)OCC(=O)Nc1cc([N+](=O)[O-])ccc1Cl. The third-order valence-corrected chi connectivity index (χ3v) is 5.82. The summed E-state index contributed by atoms with van der Waals surface area (Å²) in [5, 5.41) is 13.2. The van der Waals surface area contributed by atoms with E-state index in [4.69, 9.17) is 16.3 Å². The predicted octanol–water partition coefficient (Wildman–Crippen LogP) is 2.73. The minimum Gasteiger partial charge on any atom is -0.454 e. The van der Waals surface area contributed by atoms with E-state index < -0.39 is 45.4 Å². The van der Waals surface area contributed by atoms with E-state index in [0.29, 0.717) is 0 Å². The van der Waals surface area contributed by atoms with Crippen molar-refractivity contribution < 1.29 is 27.7 Å². The molecule has 1 unspecified atom stereocenters. The quantitative estimate of drug-likeness (QED) is 0.326. The highest BCUT2D eigenvalue weighted by Crippen LogP contribution is 2.26. The molecule has 31 heavy (non-hydrogen) atoms. The summed E-state index contributed by atoms with van der Waals surface area (Å²) in [6.07, 6.45) is 0. The van der Waals surface area contributed by atoms with Gasteiger partial charge in [-0.25, -0.2) is 8.42 Å². The first-order chi connectivity index (χ1) is 14.5. The number of nitrogens with one attached hydrogen (secondary N) is 2. The Morgan fingerprint density at radius 2 is 1.81 bits per heavy atom. The molecule has 0 fully saturated rings. The first-order valence-electron chi connectivity index (χ1n) is 8.99. The van der Waals surface area contributed by atoms with Gasteiger partial charge in [-0.15, -0.1) is 0 Å². The highest BCUT2D eigenvalue weighted by Gasteiger charge is 2.30. The lowest BCUT2D eigenvalue weighted by Crippen LogP contribution is -2.45. The Labute approximate surface area is 183 Å². The van der Waals surface area contributed by atoms with Crippen LogP contribution in [0.25, 0.3) is 0 Å². The van der Waals surface area contributed by atoms with Gasteiger partial charge in [-0.2, -0.15) is 4.72 Å². The van der Waals surface area contributed by atoms with Crippen LogP contribution in [0.4, 0.5) is 11.4 Å². The maximum atomic E-state index is 12.5. The predicted molar refractivity (Wildman–Crippen MR) is 113 cm³/mol. The minimum atomic E-state index is -3.99. The van der Waals surface area contributed by atoms with Crippen LogP contribution in [0.1, 0.15) is 13.8 Å². The van der Waals surface area contributed by atoms with Crippen LogP contribution in [0.15, 0.2) is 53.4 Å². The topological polar surface area (TPSA) is 145 Å². The van der Waals surface area contributed by atoms with Gasteiger partial charge in [0.05, 0.1) is 20.5 Å². The summed E-state index contributed by atoms with van der Waals surface area (Å²) >= 11 is 5.91. The van der Waals surface area contributed by atoms with Gasteiger partial charge in [-0.1, -0.05) is 43.6 Å². The molecule has 12 heteroatoms. The van der Waals surface area contributed by atoms with Crippen molar-refractivity contribution in [2.75, 3.05) is 11.9 Å². The number of carbonyl (C=O) groups is 2. The standard InChI is InChI=1S/C19H20ClN3O7S/c1-12(2)18(22-31(28,29)14-6-4-3-5-7-14)19(25)30-11-17(24)21-16-10-13(23(26)27)8-9-15(16)20/h3-10,12,18,22H,11H2,1-2H3,(H,21,24). The average molecular weight is 470 g/mol. The fourth-order valence-corrected chi connectivity index (χ4v) is 3.95. The Kier molecular flexibility index (Phi) is 8.08. The number of amides is 1. The number of nitro groups is 1. The number of benzene rings is 2. The monoisotopic (exact) mass is 469 g/mol. The molecule has 0 radical (unpaired) electrons. The molecule has 0 bridgehead atoms. The van der Waals surface area contributed by atoms with Crippen LogP contribution < -0.4 is 10.0 Å². The average Bonchev–Trinajstić information content (AvgIpc) is 2.72. The second kappa shape index (κ2) is 10.3. The molecule has 2 N–H and O–H groups in total. The molecule has 0 spiro atoms. The fraction of sp³-hybridized carbons (Fsp3) is 0.263. The summed E-state index contributed by atoms with van der Waals surface area (Å²) in [5.41, 5.74) is -0.311. The smallest absolute Gasteiger partial charge is 0.324 e. The van der Waals surface area contributed by atoms with E-state index in [1.165, 1.54) is 24.3 Å². The normalized spacial score (nSPS) is 12.3. The van der Waals surface area contributed by atoms with Crippen molar-refractivity contribution in [3.8, 4) is 0 Å². The van der Waals surface area contributed by atoms with E-state index >= 15 is 0 Å². The molecule has 1 atom stereocenters. The highest BCUT2D eigenvalue weighted by molar-refractivity contribution is 7.89. The van der Waals surface area contributed by atoms with Crippen molar-refractivity contribution in [1.29, 1.82) is 0 Å². The molecule has 2 rings (SSSR count). The Morgan fingerprint density at radius 1 is 1.16 bits per heavy atom. The second-order valence-electron chi connectivity index (χ2n) is 6.73. The Bertz CT molecular complexity index is 1080. The number of hydrogen-bond donors (Lipinski definition) is 2. The maximum absolute atomic E-state index is 12.5. The summed E-state index contributed by atoms with van der Waals surface area (Å²) in [5.74, 6) is -2.22. The Morgan fingerprint density at radius 3 is 2.39 bits per heavy atom. The first kappa shape index (κ1) is 24.3. The molecule has 0 aromatic heterocycles. The number of nitro benzene ring substituents is 1. The molecule has 0 saturated carbocycles. The highest BCUT2D eigenvalue weighted by atomic mass is 35.5. The van der Waals surface area contributed by atoms with E-state index in [9.17, 15) is 28.1 Å². The van der Waals surface area contributed by atoms with Gasteiger partial charge in [0.1, 0.15) is 6.04 Å². The van der Waals surface area contributed by atoms with E-state index in [0.717, 1.165) is 6.07 Å². The summed E-state index contributed by atoms with van der Waals surface area (Å²) < 4.78 is 32.2. The molecule has 0 saturated heterocycles. The van der Waals surface area contributed by atoms with E-state index in [-0.39, 0.29) is 21.3 Å². The van der Waals surface area contributed by atoms with E-state index in [2.05, 4.69) is 10.0 Å². The number of non-ortho nitro benzene ring substituents is 1. The van der Waals surface area contributed by atoms with Gasteiger partial charge in [-0.3, -0.25) is 19.7 Å². The molecule has 0 aliphatic rings. The lowest BCUT2D eigenvalue weighted by atomic mass is 10.1. The lowest BCUT2D eigenvalue weighted by molar-refractivity contribution is -0.384. The lowest BCUT2D eigenvalue weighted by Gasteiger charge is -2.20. The van der Waals surface area contributed by atoms with Crippen LogP contribution in [0, 0.1) is 16.0 Å². The molecule has 2 aromatic rings. The van der Waals surface area contributed by atoms with E-state index in [1.807, 2.05) is 0 Å². The summed E-state index contributed by atoms with van der Waals surface area (Å²) in [6, 6.07) is 9.73.